The van der Waals surface area contributed by atoms with Gasteiger partial charge in [-0.2, -0.15) is 0 Å². The van der Waals surface area contributed by atoms with Crippen molar-refractivity contribution < 1.29 is 14.1 Å². The van der Waals surface area contributed by atoms with Crippen molar-refractivity contribution in [3.63, 3.8) is 0 Å². The van der Waals surface area contributed by atoms with Gasteiger partial charge in [0.15, 0.2) is 6.61 Å². The third-order valence-electron chi connectivity index (χ3n) is 2.93. The zero-order valence-corrected chi connectivity index (χ0v) is 12.4. The fourth-order valence-corrected chi connectivity index (χ4v) is 2.52. The van der Waals surface area contributed by atoms with Crippen molar-refractivity contribution in [1.82, 2.24) is 10.2 Å². The molecule has 0 fully saturated rings. The summed E-state index contributed by atoms with van der Waals surface area (Å²) in [5.74, 6) is 1.31. The highest BCUT2D eigenvalue weighted by Gasteiger charge is 2.12. The van der Waals surface area contributed by atoms with Gasteiger partial charge in [0.1, 0.15) is 5.75 Å². The first-order valence-electron chi connectivity index (χ1n) is 6.37. The Balaban J connectivity index is 1.68. The molecule has 0 radical (unpaired) electrons. The number of benzene rings is 1. The van der Waals surface area contributed by atoms with Crippen LogP contribution in [0.25, 0.3) is 10.8 Å². The maximum atomic E-state index is 10.8. The highest BCUT2D eigenvalue weighted by atomic mass is 32.1. The molecular formula is C14H11N3O4S. The molecule has 2 aromatic heterocycles. The largest absolute Gasteiger partial charge is 0.484 e. The van der Waals surface area contributed by atoms with Crippen LogP contribution in [0.3, 0.4) is 0 Å². The van der Waals surface area contributed by atoms with Crippen LogP contribution in [0.2, 0.25) is 0 Å². The summed E-state index contributed by atoms with van der Waals surface area (Å²) in [5, 5.41) is 20.5. The van der Waals surface area contributed by atoms with E-state index in [1.54, 1.807) is 19.1 Å². The van der Waals surface area contributed by atoms with E-state index in [0.717, 1.165) is 4.88 Å². The van der Waals surface area contributed by atoms with Crippen LogP contribution in [0, 0.1) is 17.0 Å². The molecule has 1 aromatic carbocycles. The monoisotopic (exact) mass is 317 g/mol. The van der Waals surface area contributed by atoms with E-state index < -0.39 is 4.92 Å². The summed E-state index contributed by atoms with van der Waals surface area (Å²) in [5.41, 5.74) is 0.595. The molecule has 0 bridgehead atoms. The molecule has 0 saturated heterocycles. The summed E-state index contributed by atoms with van der Waals surface area (Å²) in [6, 6.07) is 8.36. The lowest BCUT2D eigenvalue weighted by Crippen LogP contribution is -1.97. The number of rotatable bonds is 5. The van der Waals surface area contributed by atoms with Gasteiger partial charge in [-0.1, -0.05) is 6.07 Å². The molecule has 0 atom stereocenters. The summed E-state index contributed by atoms with van der Waals surface area (Å²) < 4.78 is 11.0. The average Bonchev–Trinajstić information content (AvgIpc) is 3.16. The fourth-order valence-electron chi connectivity index (χ4n) is 1.88. The van der Waals surface area contributed by atoms with Gasteiger partial charge in [0, 0.05) is 11.6 Å². The number of nitrogens with zero attached hydrogens (tertiary/aromatic N) is 3. The molecule has 22 heavy (non-hydrogen) atoms. The van der Waals surface area contributed by atoms with Crippen molar-refractivity contribution in [2.75, 3.05) is 0 Å². The van der Waals surface area contributed by atoms with Crippen LogP contribution in [0.1, 0.15) is 11.5 Å². The first-order chi connectivity index (χ1) is 10.6. The normalized spacial score (nSPS) is 10.6. The van der Waals surface area contributed by atoms with Crippen molar-refractivity contribution in [2.45, 2.75) is 13.5 Å². The predicted molar refractivity (Wildman–Crippen MR) is 79.8 cm³/mol. The molecule has 3 aromatic rings. The molecule has 8 heteroatoms. The van der Waals surface area contributed by atoms with E-state index in [4.69, 9.17) is 9.15 Å². The van der Waals surface area contributed by atoms with E-state index in [-0.39, 0.29) is 12.3 Å². The van der Waals surface area contributed by atoms with Crippen molar-refractivity contribution in [2.24, 2.45) is 0 Å². The molecule has 3 rings (SSSR count). The molecule has 0 aliphatic carbocycles. The number of nitro benzene ring substituents is 1. The maximum Gasteiger partial charge on any atom is 0.272 e. The van der Waals surface area contributed by atoms with Gasteiger partial charge in [0.25, 0.3) is 17.5 Å². The van der Waals surface area contributed by atoms with E-state index in [9.17, 15) is 10.1 Å². The quantitative estimate of drug-likeness (QED) is 0.527. The molecule has 0 N–H and O–H groups in total. The second-order valence-electron chi connectivity index (χ2n) is 4.47. The van der Waals surface area contributed by atoms with E-state index in [1.165, 1.54) is 17.4 Å². The van der Waals surface area contributed by atoms with Crippen LogP contribution < -0.4 is 4.74 Å². The van der Waals surface area contributed by atoms with Gasteiger partial charge in [0.05, 0.1) is 9.80 Å². The lowest BCUT2D eigenvalue weighted by molar-refractivity contribution is -0.385. The second kappa shape index (κ2) is 5.94. The zero-order chi connectivity index (χ0) is 15.5. The summed E-state index contributed by atoms with van der Waals surface area (Å²) in [6.45, 7) is 1.77. The number of aryl methyl sites for hydroxylation is 1. The smallest absolute Gasteiger partial charge is 0.272 e. The molecule has 0 saturated carbocycles. The third kappa shape index (κ3) is 2.96. The highest BCUT2D eigenvalue weighted by molar-refractivity contribution is 7.13. The van der Waals surface area contributed by atoms with Gasteiger partial charge in [-0.25, -0.2) is 0 Å². The predicted octanol–water partition coefficient (Wildman–Crippen LogP) is 3.59. The first kappa shape index (κ1) is 14.2. The van der Waals surface area contributed by atoms with E-state index in [1.807, 2.05) is 17.5 Å². The molecule has 0 amide bonds. The van der Waals surface area contributed by atoms with Crippen LogP contribution in [-0.2, 0) is 6.61 Å². The van der Waals surface area contributed by atoms with Crippen LogP contribution in [-0.4, -0.2) is 15.1 Å². The van der Waals surface area contributed by atoms with Crippen LogP contribution in [0.15, 0.2) is 40.1 Å². The number of thiophene rings is 1. The highest BCUT2D eigenvalue weighted by Crippen LogP contribution is 2.25. The van der Waals surface area contributed by atoms with Crippen LogP contribution >= 0.6 is 11.3 Å². The van der Waals surface area contributed by atoms with Gasteiger partial charge in [-0.05, 0) is 30.5 Å². The Labute approximate surface area is 129 Å². The maximum absolute atomic E-state index is 10.8. The number of hydrogen-bond donors (Lipinski definition) is 0. The summed E-state index contributed by atoms with van der Waals surface area (Å²) in [6.07, 6.45) is 0. The van der Waals surface area contributed by atoms with E-state index in [2.05, 4.69) is 10.2 Å². The Morgan fingerprint density at radius 3 is 2.91 bits per heavy atom. The Bertz CT molecular complexity index is 798. The molecule has 2 heterocycles. The lowest BCUT2D eigenvalue weighted by Gasteiger charge is -2.04. The van der Waals surface area contributed by atoms with Gasteiger partial charge in [-0.15, -0.1) is 21.5 Å². The Kier molecular flexibility index (Phi) is 3.84. The Morgan fingerprint density at radius 2 is 2.23 bits per heavy atom. The Morgan fingerprint density at radius 1 is 1.36 bits per heavy atom. The van der Waals surface area contributed by atoms with Gasteiger partial charge in [-0.3, -0.25) is 10.1 Å². The molecule has 0 spiro atoms. The van der Waals surface area contributed by atoms with E-state index in [0.29, 0.717) is 23.1 Å². The SMILES string of the molecule is Cc1cc(OCc2nnc(-c3cccs3)o2)ccc1[N+](=O)[O-]. The van der Waals surface area contributed by atoms with Crippen molar-refractivity contribution >= 4 is 17.0 Å². The molecule has 0 unspecified atom stereocenters. The number of ether oxygens (including phenoxy) is 1. The third-order valence-corrected chi connectivity index (χ3v) is 3.78. The van der Waals surface area contributed by atoms with Crippen molar-refractivity contribution in [1.29, 1.82) is 0 Å². The first-order valence-corrected chi connectivity index (χ1v) is 7.25. The summed E-state index contributed by atoms with van der Waals surface area (Å²) in [4.78, 5) is 11.2. The minimum absolute atomic E-state index is 0.0603. The summed E-state index contributed by atoms with van der Waals surface area (Å²) >= 11 is 1.51. The van der Waals surface area contributed by atoms with Gasteiger partial charge >= 0.3 is 0 Å². The zero-order valence-electron chi connectivity index (χ0n) is 11.6. The second-order valence-corrected chi connectivity index (χ2v) is 5.42. The molecule has 0 aliphatic rings. The number of nitro groups is 1. The number of hydrogen-bond acceptors (Lipinski definition) is 7. The molecular weight excluding hydrogens is 306 g/mol. The topological polar surface area (TPSA) is 91.3 Å². The Hall–Kier alpha value is -2.74. The average molecular weight is 317 g/mol. The lowest BCUT2D eigenvalue weighted by atomic mass is 10.2. The van der Waals surface area contributed by atoms with Gasteiger partial charge < -0.3 is 9.15 Å². The number of aromatic nitrogens is 2. The van der Waals surface area contributed by atoms with E-state index >= 15 is 0 Å². The fraction of sp³-hybridized carbons (Fsp3) is 0.143. The van der Waals surface area contributed by atoms with Crippen LogP contribution in [0.4, 0.5) is 5.69 Å². The van der Waals surface area contributed by atoms with Crippen molar-refractivity contribution in [3.05, 3.63) is 57.3 Å². The minimum Gasteiger partial charge on any atom is -0.484 e. The minimum atomic E-state index is -0.426. The molecule has 7 nitrogen and oxygen atoms in total. The van der Waals surface area contributed by atoms with Crippen molar-refractivity contribution in [3.8, 4) is 16.5 Å². The summed E-state index contributed by atoms with van der Waals surface area (Å²) in [7, 11) is 0. The molecule has 0 aliphatic heterocycles. The molecule has 112 valence electrons. The van der Waals surface area contributed by atoms with Gasteiger partial charge in [0.2, 0.25) is 0 Å². The van der Waals surface area contributed by atoms with Crippen LogP contribution in [0.5, 0.6) is 5.75 Å². The standard InChI is InChI=1S/C14H11N3O4S/c1-9-7-10(4-5-11(9)17(18)19)20-8-13-15-16-14(21-13)12-3-2-6-22-12/h2-7H,8H2,1H3.